The Morgan fingerprint density at radius 3 is 2.06 bits per heavy atom. The summed E-state index contributed by atoms with van der Waals surface area (Å²) in [5, 5.41) is 2.16. The third-order valence-electron chi connectivity index (χ3n) is 2.64. The predicted molar refractivity (Wildman–Crippen MR) is 66.6 cm³/mol. The Morgan fingerprint density at radius 2 is 1.61 bits per heavy atom. The molecule has 96 valence electrons. The zero-order valence-electron chi connectivity index (χ0n) is 10.1. The molecule has 1 heterocycles. The van der Waals surface area contributed by atoms with E-state index in [0.717, 1.165) is 4.90 Å². The van der Waals surface area contributed by atoms with E-state index in [1.54, 1.807) is 0 Å². The summed E-state index contributed by atoms with van der Waals surface area (Å²) >= 11 is 0. The number of nitrogens with one attached hydrogen (secondary N) is 1. The Bertz CT molecular complexity index is 418. The first kappa shape index (κ1) is 13.9. The molecular weight excluding hydrogens is 234 g/mol. The molecule has 0 atom stereocenters. The number of hydrogen-bond donors (Lipinski definition) is 1. The van der Waals surface area contributed by atoms with E-state index in [-0.39, 0.29) is 19.6 Å². The third kappa shape index (κ3) is 2.10. The first-order valence-corrected chi connectivity index (χ1v) is 5.40. The van der Waals surface area contributed by atoms with E-state index in [0.29, 0.717) is 0 Å². The van der Waals surface area contributed by atoms with Crippen molar-refractivity contribution in [2.45, 2.75) is 0 Å². The van der Waals surface area contributed by atoms with Crippen LogP contribution in [-0.2, 0) is 0 Å². The number of quaternary nitrogens is 1. The molecule has 6 nitrogen and oxygen atoms in total. The van der Waals surface area contributed by atoms with Crippen molar-refractivity contribution in [2.75, 3.05) is 19.6 Å². The van der Waals surface area contributed by atoms with Crippen LogP contribution >= 0.6 is 0 Å². The van der Waals surface area contributed by atoms with Gasteiger partial charge in [0.05, 0.1) is 6.54 Å². The van der Waals surface area contributed by atoms with Crippen molar-refractivity contribution in [3.05, 3.63) is 38.0 Å². The standard InChI is InChI=1S/C12H15N3O3/c1-4-7-14-10(16)13-11(17)15(8-5-2,9-6-3)12(14)18/h4-6H,1-3,7-9H2/p+1. The molecule has 0 unspecified atom stereocenters. The van der Waals surface area contributed by atoms with Crippen molar-refractivity contribution in [3.8, 4) is 0 Å². The third-order valence-corrected chi connectivity index (χ3v) is 2.64. The second-order valence-corrected chi connectivity index (χ2v) is 3.83. The minimum absolute atomic E-state index is 0.0478. The summed E-state index contributed by atoms with van der Waals surface area (Å²) < 4.78 is -0.563. The molecule has 0 saturated carbocycles. The Hall–Kier alpha value is -2.21. The lowest BCUT2D eigenvalue weighted by molar-refractivity contribution is -0.760. The van der Waals surface area contributed by atoms with Crippen LogP contribution in [0.4, 0.5) is 14.4 Å². The molecule has 1 rings (SSSR count). The highest BCUT2D eigenvalue weighted by molar-refractivity contribution is 6.06. The van der Waals surface area contributed by atoms with E-state index in [1.165, 1.54) is 18.2 Å². The van der Waals surface area contributed by atoms with Crippen LogP contribution in [0.3, 0.4) is 0 Å². The molecule has 6 heteroatoms. The maximum atomic E-state index is 12.3. The molecule has 0 aliphatic carbocycles. The summed E-state index contributed by atoms with van der Waals surface area (Å²) in [6, 6.07) is -1.99. The van der Waals surface area contributed by atoms with Crippen molar-refractivity contribution in [3.63, 3.8) is 0 Å². The number of nitrogens with zero attached hydrogens (tertiary/aromatic N) is 2. The Morgan fingerprint density at radius 1 is 1.06 bits per heavy atom. The van der Waals surface area contributed by atoms with Crippen LogP contribution in [0.2, 0.25) is 0 Å². The molecule has 1 saturated heterocycles. The first-order valence-electron chi connectivity index (χ1n) is 5.40. The van der Waals surface area contributed by atoms with E-state index < -0.39 is 22.6 Å². The molecule has 0 radical (unpaired) electrons. The number of hydrogen-bond acceptors (Lipinski definition) is 3. The van der Waals surface area contributed by atoms with Gasteiger partial charge < -0.3 is 0 Å². The lowest BCUT2D eigenvalue weighted by Gasteiger charge is -2.37. The van der Waals surface area contributed by atoms with Gasteiger partial charge in [-0.15, -0.1) is 6.58 Å². The lowest BCUT2D eigenvalue weighted by Crippen LogP contribution is -2.72. The summed E-state index contributed by atoms with van der Waals surface area (Å²) in [5.74, 6) is 0. The minimum Gasteiger partial charge on any atom is -0.247 e. The average molecular weight is 250 g/mol. The van der Waals surface area contributed by atoms with Gasteiger partial charge >= 0.3 is 18.1 Å². The monoisotopic (exact) mass is 250 g/mol. The maximum Gasteiger partial charge on any atom is 0.437 e. The molecule has 0 aromatic carbocycles. The molecule has 18 heavy (non-hydrogen) atoms. The number of carbonyl (C=O) groups is 3. The molecule has 0 bridgehead atoms. The summed E-state index contributed by atoms with van der Waals surface area (Å²) in [6.45, 7) is 10.8. The molecule has 0 spiro atoms. The highest BCUT2D eigenvalue weighted by Crippen LogP contribution is 2.18. The maximum absolute atomic E-state index is 12.3. The zero-order valence-corrected chi connectivity index (χ0v) is 10.1. The quantitative estimate of drug-likeness (QED) is 0.575. The van der Waals surface area contributed by atoms with E-state index in [9.17, 15) is 14.4 Å². The van der Waals surface area contributed by atoms with E-state index >= 15 is 0 Å². The summed E-state index contributed by atoms with van der Waals surface area (Å²) in [5.41, 5.74) is 0. The second-order valence-electron chi connectivity index (χ2n) is 3.83. The van der Waals surface area contributed by atoms with Gasteiger partial charge in [-0.25, -0.2) is 24.6 Å². The fraction of sp³-hybridized carbons (Fsp3) is 0.250. The van der Waals surface area contributed by atoms with Crippen LogP contribution < -0.4 is 5.32 Å². The molecule has 1 aliphatic heterocycles. The van der Waals surface area contributed by atoms with Gasteiger partial charge in [-0.05, 0) is 12.2 Å². The summed E-state index contributed by atoms with van der Waals surface area (Å²) in [6.07, 6.45) is 4.34. The van der Waals surface area contributed by atoms with Gasteiger partial charge in [0, 0.05) is 0 Å². The van der Waals surface area contributed by atoms with Gasteiger partial charge in [0.2, 0.25) is 0 Å². The number of urea groups is 3. The van der Waals surface area contributed by atoms with Crippen LogP contribution in [0, 0.1) is 0 Å². The first-order chi connectivity index (χ1) is 8.53. The minimum atomic E-state index is -0.730. The van der Waals surface area contributed by atoms with Gasteiger partial charge in [-0.1, -0.05) is 19.2 Å². The van der Waals surface area contributed by atoms with E-state index in [1.807, 2.05) is 0 Å². The summed E-state index contributed by atoms with van der Waals surface area (Å²) in [7, 11) is 0. The highest BCUT2D eigenvalue weighted by atomic mass is 16.2. The van der Waals surface area contributed by atoms with E-state index in [2.05, 4.69) is 25.1 Å². The largest absolute Gasteiger partial charge is 0.437 e. The number of amides is 6. The van der Waals surface area contributed by atoms with E-state index in [4.69, 9.17) is 0 Å². The van der Waals surface area contributed by atoms with Crippen molar-refractivity contribution in [1.29, 1.82) is 0 Å². The average Bonchev–Trinajstić information content (AvgIpc) is 2.32. The van der Waals surface area contributed by atoms with Gasteiger partial charge in [-0.3, -0.25) is 0 Å². The predicted octanol–water partition coefficient (Wildman–Crippen LogP) is 1.63. The SMILES string of the molecule is C=CCN1C(=O)NC(=O)[N+](CC=C)(CC=C)C1=O. The smallest absolute Gasteiger partial charge is 0.247 e. The number of rotatable bonds is 6. The van der Waals surface area contributed by atoms with Crippen molar-refractivity contribution in [2.24, 2.45) is 0 Å². The zero-order chi connectivity index (χ0) is 13.8. The fourth-order valence-corrected chi connectivity index (χ4v) is 1.80. The van der Waals surface area contributed by atoms with Crippen LogP contribution in [0.25, 0.3) is 0 Å². The molecule has 1 N–H and O–H groups in total. The second kappa shape index (κ2) is 5.42. The van der Waals surface area contributed by atoms with Gasteiger partial charge in [0.15, 0.2) is 0 Å². The van der Waals surface area contributed by atoms with Crippen LogP contribution in [0.1, 0.15) is 0 Å². The molecule has 0 aromatic rings. The molecular formula is C12H16N3O3+. The van der Waals surface area contributed by atoms with Gasteiger partial charge in [0.25, 0.3) is 0 Å². The Balaban J connectivity index is 3.20. The molecule has 1 aliphatic rings. The van der Waals surface area contributed by atoms with Crippen LogP contribution in [0.5, 0.6) is 0 Å². The van der Waals surface area contributed by atoms with Crippen LogP contribution in [0.15, 0.2) is 38.0 Å². The summed E-state index contributed by atoms with van der Waals surface area (Å²) in [4.78, 5) is 36.8. The van der Waals surface area contributed by atoms with Crippen LogP contribution in [-0.4, -0.2) is 47.1 Å². The van der Waals surface area contributed by atoms with Crippen molar-refractivity contribution >= 4 is 18.1 Å². The Labute approximate surface area is 105 Å². The lowest BCUT2D eigenvalue weighted by atomic mass is 10.3. The Kier molecular flexibility index (Phi) is 4.17. The normalized spacial score (nSPS) is 18.2. The number of imide groups is 3. The van der Waals surface area contributed by atoms with Gasteiger partial charge in [0.1, 0.15) is 13.1 Å². The molecule has 6 amide bonds. The molecule has 1 fully saturated rings. The fourth-order valence-electron chi connectivity index (χ4n) is 1.80. The highest BCUT2D eigenvalue weighted by Gasteiger charge is 2.52. The van der Waals surface area contributed by atoms with Crippen molar-refractivity contribution < 1.29 is 18.9 Å². The topological polar surface area (TPSA) is 66.5 Å². The van der Waals surface area contributed by atoms with Crippen molar-refractivity contribution in [1.82, 2.24) is 10.2 Å². The number of carbonyl (C=O) groups excluding carboxylic acids is 3. The van der Waals surface area contributed by atoms with Gasteiger partial charge in [-0.2, -0.15) is 4.48 Å². The molecule has 0 aromatic heterocycles.